The molecule has 0 bridgehead atoms. The fourth-order valence-corrected chi connectivity index (χ4v) is 3.42. The Balaban J connectivity index is 2.55. The molecule has 1 aromatic heterocycles. The summed E-state index contributed by atoms with van der Waals surface area (Å²) in [7, 11) is 1.25. The van der Waals surface area contributed by atoms with E-state index in [0.29, 0.717) is 0 Å². The minimum Gasteiger partial charge on any atom is -0.410 e. The van der Waals surface area contributed by atoms with Crippen molar-refractivity contribution in [3.8, 4) is 0 Å². The molecule has 1 aromatic rings. The van der Waals surface area contributed by atoms with E-state index in [0.717, 1.165) is 46.4 Å². The maximum Gasteiger partial charge on any atom is 0.493 e. The first-order valence-corrected chi connectivity index (χ1v) is 11.3. The Bertz CT molecular complexity index is 956. The molecule has 0 spiro atoms. The van der Waals surface area contributed by atoms with Crippen molar-refractivity contribution in [3.63, 3.8) is 0 Å². The average Bonchev–Trinajstić information content (AvgIpc) is 2.91. The first-order chi connectivity index (χ1) is 15.4. The normalized spacial score (nSPS) is 16.3. The molecule has 2 rings (SSSR count). The van der Waals surface area contributed by atoms with E-state index in [4.69, 9.17) is 14.3 Å². The molecule has 1 aliphatic carbocycles. The minimum atomic E-state index is -0.410. The maximum absolute atomic E-state index is 5.90. The molecule has 0 fully saturated rings. The van der Waals surface area contributed by atoms with Gasteiger partial charge in [-0.1, -0.05) is 50.0 Å². The smallest absolute Gasteiger partial charge is 0.410 e. The number of aromatic nitrogens is 3. The number of hydrogen-bond acceptors (Lipinski definition) is 4. The van der Waals surface area contributed by atoms with Gasteiger partial charge < -0.3 is 9.31 Å². The summed E-state index contributed by atoms with van der Waals surface area (Å²) in [6.07, 6.45) is 18.0. The Morgan fingerprint density at radius 2 is 2.09 bits per heavy atom. The number of hydrogen-bond donors (Lipinski definition) is 1. The summed E-state index contributed by atoms with van der Waals surface area (Å²) >= 11 is 0. The summed E-state index contributed by atoms with van der Waals surface area (Å²) in [4.78, 5) is 4.79. The molecule has 1 unspecified atom stereocenters. The monoisotopic (exact) mass is 433 g/mol. The van der Waals surface area contributed by atoms with Gasteiger partial charge in [-0.05, 0) is 68.8 Å². The number of aromatic amines is 1. The van der Waals surface area contributed by atoms with Gasteiger partial charge in [-0.2, -0.15) is 5.10 Å². The predicted octanol–water partition coefficient (Wildman–Crippen LogP) is 6.40. The van der Waals surface area contributed by atoms with Gasteiger partial charge in [0, 0.05) is 30.9 Å². The van der Waals surface area contributed by atoms with E-state index in [2.05, 4.69) is 60.1 Å². The number of allylic oxidation sites excluding steroid dienone is 9. The van der Waals surface area contributed by atoms with Crippen LogP contribution < -0.4 is 0 Å². The summed E-state index contributed by atoms with van der Waals surface area (Å²) < 4.78 is 11.5. The molecule has 170 valence electrons. The number of rotatable bonds is 9. The van der Waals surface area contributed by atoms with Gasteiger partial charge >= 0.3 is 7.12 Å². The van der Waals surface area contributed by atoms with E-state index in [-0.39, 0.29) is 12.0 Å². The zero-order valence-electron chi connectivity index (χ0n) is 20.3. The van der Waals surface area contributed by atoms with Crippen LogP contribution in [0.5, 0.6) is 0 Å². The van der Waals surface area contributed by atoms with Gasteiger partial charge in [-0.15, -0.1) is 0 Å². The van der Waals surface area contributed by atoms with Crippen molar-refractivity contribution >= 4 is 18.3 Å². The first-order valence-electron chi connectivity index (χ1n) is 11.3. The fourth-order valence-electron chi connectivity index (χ4n) is 3.42. The van der Waals surface area contributed by atoms with Gasteiger partial charge in [-0.3, -0.25) is 5.10 Å². The molecule has 0 saturated carbocycles. The van der Waals surface area contributed by atoms with Gasteiger partial charge in [0.2, 0.25) is 0 Å². The lowest BCUT2D eigenvalue weighted by Crippen LogP contribution is -2.28. The molecule has 5 nitrogen and oxygen atoms in total. The van der Waals surface area contributed by atoms with Crippen molar-refractivity contribution in [3.05, 3.63) is 83.9 Å². The SMILES string of the molecule is C=C(CC)c1cnc(C2C=C(B(OC)OC(C)C)C=CC2)[nH]ncc(C(/C=C\C)=C/C)c1. The van der Waals surface area contributed by atoms with Crippen molar-refractivity contribution in [1.29, 1.82) is 0 Å². The minimum absolute atomic E-state index is 0.0335. The van der Waals surface area contributed by atoms with Gasteiger partial charge in [0.15, 0.2) is 0 Å². The van der Waals surface area contributed by atoms with Crippen LogP contribution in [0.3, 0.4) is 0 Å². The predicted molar refractivity (Wildman–Crippen MR) is 135 cm³/mol. The summed E-state index contributed by atoms with van der Waals surface area (Å²) in [6, 6.07) is 2.10. The van der Waals surface area contributed by atoms with Crippen molar-refractivity contribution in [2.75, 3.05) is 7.11 Å². The highest BCUT2D eigenvalue weighted by atomic mass is 16.6. The molecule has 1 aliphatic rings. The summed E-state index contributed by atoms with van der Waals surface area (Å²) in [6.45, 7) is 14.4. The Kier molecular flexibility index (Phi) is 10.4. The Morgan fingerprint density at radius 3 is 2.72 bits per heavy atom. The molecule has 6 heteroatoms. The van der Waals surface area contributed by atoms with E-state index in [9.17, 15) is 0 Å². The van der Waals surface area contributed by atoms with Crippen molar-refractivity contribution < 1.29 is 9.31 Å². The van der Waals surface area contributed by atoms with E-state index in [1.165, 1.54) is 0 Å². The molecule has 0 aromatic carbocycles. The largest absolute Gasteiger partial charge is 0.493 e. The van der Waals surface area contributed by atoms with Crippen LogP contribution in [0.4, 0.5) is 0 Å². The summed E-state index contributed by atoms with van der Waals surface area (Å²) in [5.74, 6) is 0.804. The van der Waals surface area contributed by atoms with Crippen molar-refractivity contribution in [2.45, 2.75) is 59.5 Å². The van der Waals surface area contributed by atoms with E-state index < -0.39 is 7.12 Å². The molecule has 0 radical (unpaired) electrons. The van der Waals surface area contributed by atoms with Gasteiger partial charge in [0.25, 0.3) is 0 Å². The zero-order chi connectivity index (χ0) is 23.5. The molecule has 1 heterocycles. The van der Waals surface area contributed by atoms with E-state index in [1.807, 2.05) is 46.2 Å². The maximum atomic E-state index is 5.90. The van der Waals surface area contributed by atoms with E-state index in [1.54, 1.807) is 7.11 Å². The fraction of sp³-hybridized carbons (Fsp3) is 0.385. The quantitative estimate of drug-likeness (QED) is 0.362. The second kappa shape index (κ2) is 13.0. The van der Waals surface area contributed by atoms with Crippen molar-refractivity contribution in [2.24, 2.45) is 0 Å². The molecular weight excluding hydrogens is 397 g/mol. The number of H-pyrrole nitrogens is 1. The van der Waals surface area contributed by atoms with Crippen LogP contribution in [0, 0.1) is 0 Å². The highest BCUT2D eigenvalue weighted by Crippen LogP contribution is 2.26. The van der Waals surface area contributed by atoms with Crippen LogP contribution in [0.1, 0.15) is 70.3 Å². The van der Waals surface area contributed by atoms with Gasteiger partial charge in [-0.25, -0.2) is 4.98 Å². The number of nitrogens with one attached hydrogen (secondary N) is 1. The van der Waals surface area contributed by atoms with E-state index >= 15 is 0 Å². The third kappa shape index (κ3) is 7.18. The third-order valence-corrected chi connectivity index (χ3v) is 5.19. The molecule has 0 saturated heterocycles. The average molecular weight is 433 g/mol. The van der Waals surface area contributed by atoms with Gasteiger partial charge in [0.1, 0.15) is 5.82 Å². The summed E-state index contributed by atoms with van der Waals surface area (Å²) in [5.41, 5.74) is 5.10. The molecule has 0 aliphatic heterocycles. The molecule has 32 heavy (non-hydrogen) atoms. The van der Waals surface area contributed by atoms with Crippen LogP contribution in [-0.4, -0.2) is 35.5 Å². The number of nitrogens with zero attached hydrogens (tertiary/aromatic N) is 2. The first kappa shape index (κ1) is 25.6. The zero-order valence-corrected chi connectivity index (χ0v) is 20.3. The van der Waals surface area contributed by atoms with Crippen LogP contribution >= 0.6 is 0 Å². The van der Waals surface area contributed by atoms with Crippen molar-refractivity contribution in [1.82, 2.24) is 15.2 Å². The third-order valence-electron chi connectivity index (χ3n) is 5.19. The topological polar surface area (TPSA) is 60.0 Å². The highest BCUT2D eigenvalue weighted by Gasteiger charge is 2.26. The molecule has 1 atom stereocenters. The lowest BCUT2D eigenvalue weighted by Gasteiger charge is -2.20. The lowest BCUT2D eigenvalue weighted by atomic mass is 9.73. The molecular formula is C26H36BN3O2. The van der Waals surface area contributed by atoms with Crippen LogP contribution in [-0.2, 0) is 9.31 Å². The second-order valence-corrected chi connectivity index (χ2v) is 7.93. The Hall–Kier alpha value is -2.70. The van der Waals surface area contributed by atoms with Crippen LogP contribution in [0.25, 0.3) is 11.1 Å². The Morgan fingerprint density at radius 1 is 1.31 bits per heavy atom. The van der Waals surface area contributed by atoms with Crippen LogP contribution in [0.15, 0.2) is 67.0 Å². The highest BCUT2D eigenvalue weighted by molar-refractivity contribution is 6.54. The lowest BCUT2D eigenvalue weighted by molar-refractivity contribution is 0.185. The standard InChI is InChI=1S/C26H36BN3O2/c1-8-12-21(10-3)24-15-23(20(6)9-2)17-28-26(30-29-18-24)22-13-11-14-25(16-22)27(31-7)32-19(4)5/h8,10-12,14-19,22H,6,9,13H2,1-5,7H3,(H,28,30)/b12-8-,21-10+,23-17?,24-15?,29-18?. The second-order valence-electron chi connectivity index (χ2n) is 7.93. The van der Waals surface area contributed by atoms with Gasteiger partial charge in [0.05, 0.1) is 6.20 Å². The summed E-state index contributed by atoms with van der Waals surface area (Å²) in [5, 5.41) is 7.68. The molecule has 1 N–H and O–H groups in total. The van der Waals surface area contributed by atoms with Crippen LogP contribution in [0.2, 0.25) is 0 Å². The Labute approximate surface area is 193 Å². The molecule has 0 amide bonds.